The fraction of sp³-hybridized carbons (Fsp3) is 0.154. The minimum absolute atomic E-state index is 0.263. The van der Waals surface area contributed by atoms with Crippen molar-refractivity contribution in [2.45, 2.75) is 18.7 Å². The van der Waals surface area contributed by atoms with Gasteiger partial charge in [0.2, 0.25) is 0 Å². The lowest BCUT2D eigenvalue weighted by Crippen LogP contribution is -2.15. The van der Waals surface area contributed by atoms with E-state index in [0.29, 0.717) is 16.9 Å². The maximum Gasteiger partial charge on any atom is 0.262 e. The second kappa shape index (κ2) is 5.30. The van der Waals surface area contributed by atoms with Gasteiger partial charge in [0, 0.05) is 10.7 Å². The van der Waals surface area contributed by atoms with E-state index in [0.717, 1.165) is 4.47 Å². The van der Waals surface area contributed by atoms with Crippen LogP contribution in [0.5, 0.6) is 0 Å². The van der Waals surface area contributed by atoms with Crippen LogP contribution in [0.1, 0.15) is 11.3 Å². The number of halogens is 1. The number of aromatic nitrogens is 1. The van der Waals surface area contributed by atoms with Crippen LogP contribution in [0.15, 0.2) is 45.9 Å². The van der Waals surface area contributed by atoms with Gasteiger partial charge in [0.15, 0.2) is 0 Å². The first-order chi connectivity index (χ1) is 8.90. The Balaban J connectivity index is 2.41. The molecule has 0 spiro atoms. The molecule has 0 aliphatic carbocycles. The summed E-state index contributed by atoms with van der Waals surface area (Å²) in [6.45, 7) is 3.52. The largest absolute Gasteiger partial charge is 0.278 e. The maximum absolute atomic E-state index is 12.3. The van der Waals surface area contributed by atoms with Crippen LogP contribution < -0.4 is 4.72 Å². The molecule has 100 valence electrons. The van der Waals surface area contributed by atoms with E-state index in [4.69, 9.17) is 0 Å². The highest BCUT2D eigenvalue weighted by atomic mass is 79.9. The van der Waals surface area contributed by atoms with Crippen LogP contribution in [-0.4, -0.2) is 13.4 Å². The summed E-state index contributed by atoms with van der Waals surface area (Å²) in [6, 6.07) is 8.43. The number of sulfonamides is 1. The second-order valence-electron chi connectivity index (χ2n) is 4.15. The quantitative estimate of drug-likeness (QED) is 0.932. The van der Waals surface area contributed by atoms with Crippen LogP contribution in [0.4, 0.5) is 5.69 Å². The van der Waals surface area contributed by atoms with Crippen LogP contribution in [0, 0.1) is 13.8 Å². The van der Waals surface area contributed by atoms with Gasteiger partial charge in [-0.15, -0.1) is 0 Å². The highest BCUT2D eigenvalue weighted by Crippen LogP contribution is 2.23. The van der Waals surface area contributed by atoms with E-state index >= 15 is 0 Å². The van der Waals surface area contributed by atoms with Crippen molar-refractivity contribution in [2.24, 2.45) is 0 Å². The summed E-state index contributed by atoms with van der Waals surface area (Å²) < 4.78 is 28.1. The van der Waals surface area contributed by atoms with Crippen molar-refractivity contribution >= 4 is 31.6 Å². The van der Waals surface area contributed by atoms with Crippen molar-refractivity contribution < 1.29 is 8.42 Å². The Morgan fingerprint density at radius 3 is 2.58 bits per heavy atom. The molecule has 1 heterocycles. The van der Waals surface area contributed by atoms with Gasteiger partial charge in [0.25, 0.3) is 10.0 Å². The van der Waals surface area contributed by atoms with E-state index in [9.17, 15) is 8.42 Å². The zero-order chi connectivity index (χ0) is 14.0. The number of nitrogens with one attached hydrogen (secondary N) is 1. The maximum atomic E-state index is 12.3. The normalized spacial score (nSPS) is 11.3. The number of anilines is 1. The predicted octanol–water partition coefficient (Wildman–Crippen LogP) is 3.26. The predicted molar refractivity (Wildman–Crippen MR) is 78.7 cm³/mol. The summed E-state index contributed by atoms with van der Waals surface area (Å²) in [4.78, 5) is 4.32. The van der Waals surface area contributed by atoms with Gasteiger partial charge in [0.05, 0.1) is 16.3 Å². The van der Waals surface area contributed by atoms with Crippen LogP contribution in [0.2, 0.25) is 0 Å². The van der Waals surface area contributed by atoms with Gasteiger partial charge in [-0.2, -0.15) is 0 Å². The minimum Gasteiger partial charge on any atom is -0.278 e. The molecule has 0 fully saturated rings. The zero-order valence-electron chi connectivity index (χ0n) is 10.5. The first kappa shape index (κ1) is 14.0. The van der Waals surface area contributed by atoms with Crippen molar-refractivity contribution in [1.29, 1.82) is 0 Å². The molecular weight excluding hydrogens is 328 g/mol. The summed E-state index contributed by atoms with van der Waals surface area (Å²) in [5.74, 6) is 0. The van der Waals surface area contributed by atoms with Crippen molar-refractivity contribution in [3.8, 4) is 0 Å². The molecule has 0 amide bonds. The van der Waals surface area contributed by atoms with E-state index in [1.165, 1.54) is 0 Å². The molecule has 2 rings (SSSR count). The Morgan fingerprint density at radius 1 is 1.21 bits per heavy atom. The Kier molecular flexibility index (Phi) is 3.91. The Bertz CT molecular complexity index is 714. The van der Waals surface area contributed by atoms with Crippen molar-refractivity contribution in [1.82, 2.24) is 4.98 Å². The van der Waals surface area contributed by atoms with Gasteiger partial charge in [-0.05, 0) is 49.7 Å². The summed E-state index contributed by atoms with van der Waals surface area (Å²) in [5.41, 5.74) is 1.81. The van der Waals surface area contributed by atoms with Crippen molar-refractivity contribution in [3.05, 3.63) is 52.3 Å². The lowest BCUT2D eigenvalue weighted by Gasteiger charge is -2.11. The summed E-state index contributed by atoms with van der Waals surface area (Å²) in [5, 5.41) is 0. The molecule has 1 N–H and O–H groups in total. The standard InChI is InChI=1S/C13H13BrN2O2S/c1-9-8-11(14)5-6-13(9)19(17,18)16-12-4-3-7-15-10(12)2/h3-8,16H,1-2H3. The fourth-order valence-corrected chi connectivity index (χ4v) is 3.53. The molecule has 0 radical (unpaired) electrons. The van der Waals surface area contributed by atoms with Gasteiger partial charge in [0.1, 0.15) is 0 Å². The van der Waals surface area contributed by atoms with E-state index < -0.39 is 10.0 Å². The van der Waals surface area contributed by atoms with Crippen molar-refractivity contribution in [2.75, 3.05) is 4.72 Å². The van der Waals surface area contributed by atoms with Crippen LogP contribution in [0.25, 0.3) is 0 Å². The smallest absolute Gasteiger partial charge is 0.262 e. The van der Waals surface area contributed by atoms with E-state index in [1.54, 1.807) is 50.4 Å². The number of pyridine rings is 1. The molecule has 4 nitrogen and oxygen atoms in total. The number of nitrogens with zero attached hydrogens (tertiary/aromatic N) is 1. The Labute approximate surface area is 121 Å². The topological polar surface area (TPSA) is 59.1 Å². The molecule has 0 saturated carbocycles. The van der Waals surface area contributed by atoms with Crippen LogP contribution >= 0.6 is 15.9 Å². The SMILES string of the molecule is Cc1cc(Br)ccc1S(=O)(=O)Nc1cccnc1C. The molecule has 1 aromatic carbocycles. The first-order valence-corrected chi connectivity index (χ1v) is 7.88. The molecule has 19 heavy (non-hydrogen) atoms. The average molecular weight is 341 g/mol. The van der Waals surface area contributed by atoms with Crippen LogP contribution in [-0.2, 0) is 10.0 Å². The Hall–Kier alpha value is -1.40. The lowest BCUT2D eigenvalue weighted by molar-refractivity contribution is 0.600. The van der Waals surface area contributed by atoms with Gasteiger partial charge < -0.3 is 0 Å². The van der Waals surface area contributed by atoms with Gasteiger partial charge in [-0.3, -0.25) is 9.71 Å². The summed E-state index contributed by atoms with van der Waals surface area (Å²) >= 11 is 3.32. The number of hydrogen-bond acceptors (Lipinski definition) is 3. The van der Waals surface area contributed by atoms with Gasteiger partial charge in [-0.1, -0.05) is 15.9 Å². The third kappa shape index (κ3) is 3.13. The first-order valence-electron chi connectivity index (χ1n) is 5.61. The third-order valence-electron chi connectivity index (χ3n) is 2.68. The third-order valence-corrected chi connectivity index (χ3v) is 4.70. The summed E-state index contributed by atoms with van der Waals surface area (Å²) in [7, 11) is -3.59. The minimum atomic E-state index is -3.59. The Morgan fingerprint density at radius 2 is 1.95 bits per heavy atom. The van der Waals surface area contributed by atoms with E-state index in [2.05, 4.69) is 25.6 Å². The van der Waals surface area contributed by atoms with Crippen molar-refractivity contribution in [3.63, 3.8) is 0 Å². The monoisotopic (exact) mass is 340 g/mol. The number of aryl methyl sites for hydroxylation is 2. The molecule has 0 aliphatic heterocycles. The molecule has 6 heteroatoms. The average Bonchev–Trinajstić information content (AvgIpc) is 2.31. The molecule has 0 bridgehead atoms. The molecule has 0 saturated heterocycles. The van der Waals surface area contributed by atoms with Gasteiger partial charge >= 0.3 is 0 Å². The molecule has 0 atom stereocenters. The number of benzene rings is 1. The second-order valence-corrected chi connectivity index (χ2v) is 6.72. The molecular formula is C13H13BrN2O2S. The summed E-state index contributed by atoms with van der Waals surface area (Å²) in [6.07, 6.45) is 1.62. The molecule has 2 aromatic rings. The van der Waals surface area contributed by atoms with E-state index in [-0.39, 0.29) is 4.90 Å². The fourth-order valence-electron chi connectivity index (χ4n) is 1.71. The van der Waals surface area contributed by atoms with Gasteiger partial charge in [-0.25, -0.2) is 8.42 Å². The molecule has 1 aromatic heterocycles. The highest BCUT2D eigenvalue weighted by molar-refractivity contribution is 9.10. The van der Waals surface area contributed by atoms with Crippen LogP contribution in [0.3, 0.4) is 0 Å². The molecule has 0 unspecified atom stereocenters. The number of hydrogen-bond donors (Lipinski definition) is 1. The lowest BCUT2D eigenvalue weighted by atomic mass is 10.2. The van der Waals surface area contributed by atoms with E-state index in [1.807, 2.05) is 0 Å². The number of rotatable bonds is 3. The zero-order valence-corrected chi connectivity index (χ0v) is 12.9. The highest BCUT2D eigenvalue weighted by Gasteiger charge is 2.17. The molecule has 0 aliphatic rings.